The molecule has 1 fully saturated rings. The second kappa shape index (κ2) is 11.9. The van der Waals surface area contributed by atoms with E-state index in [2.05, 4.69) is 62.9 Å². The number of aryl methyl sites for hydroxylation is 1. The molecule has 1 saturated heterocycles. The Bertz CT molecular complexity index is 1430. The number of nitrogens with zero attached hydrogens (tertiary/aromatic N) is 3. The summed E-state index contributed by atoms with van der Waals surface area (Å²) >= 11 is 5.22. The fourth-order valence-corrected chi connectivity index (χ4v) is 5.26. The number of rotatable bonds is 10. The maximum absolute atomic E-state index is 12.7. The average Bonchev–Trinajstić information content (AvgIpc) is 3.55. The van der Waals surface area contributed by atoms with Gasteiger partial charge in [-0.1, -0.05) is 55.9 Å². The number of carbonyl (C=O) groups excluding carboxylic acids is 1. The van der Waals surface area contributed by atoms with Gasteiger partial charge in [0, 0.05) is 66.8 Å². The molecule has 2 aromatic carbocycles. The number of benzene rings is 2. The molecule has 38 heavy (non-hydrogen) atoms. The van der Waals surface area contributed by atoms with E-state index in [9.17, 15) is 4.79 Å². The van der Waals surface area contributed by atoms with Crippen molar-refractivity contribution in [3.63, 3.8) is 0 Å². The first-order chi connectivity index (χ1) is 18.5. The lowest BCUT2D eigenvalue weighted by Crippen LogP contribution is -2.24. The second-order valence-electron chi connectivity index (χ2n) is 10.0. The van der Waals surface area contributed by atoms with Crippen LogP contribution in [0.4, 0.5) is 0 Å². The van der Waals surface area contributed by atoms with Crippen molar-refractivity contribution in [3.05, 3.63) is 78.0 Å². The first-order valence-corrected chi connectivity index (χ1v) is 13.8. The smallest absolute Gasteiger partial charge is 0.226 e. The number of hydrogen-bond donors (Lipinski definition) is 2. The van der Waals surface area contributed by atoms with Crippen LogP contribution in [-0.2, 0) is 29.0 Å². The Labute approximate surface area is 229 Å². The lowest BCUT2D eigenvalue weighted by Gasteiger charge is -2.24. The summed E-state index contributed by atoms with van der Waals surface area (Å²) in [4.78, 5) is 17.4. The molecule has 3 heterocycles. The summed E-state index contributed by atoms with van der Waals surface area (Å²) in [6.07, 6.45) is 10.5. The lowest BCUT2D eigenvalue weighted by atomic mass is 10.0. The highest BCUT2D eigenvalue weighted by molar-refractivity contribution is 7.80. The monoisotopic (exact) mass is 529 g/mol. The molecule has 2 aromatic heterocycles. The Hall–Kier alpha value is -3.49. The molecule has 1 aliphatic rings. The minimum atomic E-state index is -0.0269. The number of hydrogen-bond acceptors (Lipinski definition) is 4. The number of nitrogens with one attached hydrogen (secondary N) is 1. The average molecular weight is 530 g/mol. The van der Waals surface area contributed by atoms with E-state index in [0.29, 0.717) is 17.6 Å². The van der Waals surface area contributed by atoms with Crippen molar-refractivity contribution >= 4 is 34.0 Å². The highest BCUT2D eigenvalue weighted by atomic mass is 32.1. The third kappa shape index (κ3) is 5.97. The van der Waals surface area contributed by atoms with Crippen molar-refractivity contribution in [2.24, 2.45) is 5.73 Å². The molecular formula is C30H35N5O2S. The van der Waals surface area contributed by atoms with Gasteiger partial charge in [-0.3, -0.25) is 4.79 Å². The molecule has 0 spiro atoms. The normalized spacial score (nSPS) is 14.1. The minimum absolute atomic E-state index is 0.0269. The van der Waals surface area contributed by atoms with E-state index >= 15 is 0 Å². The Balaban J connectivity index is 1.37. The molecule has 0 atom stereocenters. The van der Waals surface area contributed by atoms with Crippen molar-refractivity contribution in [3.8, 4) is 11.1 Å². The Morgan fingerprint density at radius 2 is 2.03 bits per heavy atom. The van der Waals surface area contributed by atoms with Gasteiger partial charge in [-0.15, -0.1) is 0 Å². The second-order valence-corrected chi connectivity index (χ2v) is 10.4. The molecule has 8 heteroatoms. The number of imidazole rings is 1. The van der Waals surface area contributed by atoms with Crippen LogP contribution in [-0.4, -0.2) is 38.2 Å². The fourth-order valence-electron chi connectivity index (χ4n) is 5.13. The maximum atomic E-state index is 12.7. The summed E-state index contributed by atoms with van der Waals surface area (Å²) in [5.41, 5.74) is 12.0. The number of carbonyl (C=O) groups is 1. The van der Waals surface area contributed by atoms with E-state index in [0.717, 1.165) is 78.9 Å². The Morgan fingerprint density at radius 1 is 1.18 bits per heavy atom. The van der Waals surface area contributed by atoms with Crippen LogP contribution in [0.3, 0.4) is 0 Å². The van der Waals surface area contributed by atoms with Gasteiger partial charge < -0.3 is 24.9 Å². The van der Waals surface area contributed by atoms with Gasteiger partial charge in [-0.05, 0) is 42.5 Å². The first-order valence-electron chi connectivity index (χ1n) is 13.4. The molecule has 5 rings (SSSR count). The largest absolute Gasteiger partial charge is 0.389 e. The number of fused-ring (bicyclic) bond motifs is 1. The van der Waals surface area contributed by atoms with Crippen LogP contribution in [0.1, 0.15) is 55.5 Å². The predicted octanol–water partition coefficient (Wildman–Crippen LogP) is 5.15. The predicted molar refractivity (Wildman–Crippen MR) is 155 cm³/mol. The molecule has 3 N–H and O–H groups in total. The Kier molecular flexibility index (Phi) is 8.20. The van der Waals surface area contributed by atoms with E-state index in [-0.39, 0.29) is 12.3 Å². The van der Waals surface area contributed by atoms with Crippen LogP contribution in [0.25, 0.3) is 22.0 Å². The fraction of sp³-hybridized carbons (Fsp3) is 0.367. The molecular weight excluding hydrogens is 494 g/mol. The SMILES string of the molecule is CCCCn1cnc(CC(=O)NCc2ccc3c(-c4cccc(C(N)=S)c4)cn(C4CCOCC4)c3c2)c1. The van der Waals surface area contributed by atoms with Crippen LogP contribution in [0.15, 0.2) is 61.2 Å². The van der Waals surface area contributed by atoms with Crippen molar-refractivity contribution < 1.29 is 9.53 Å². The van der Waals surface area contributed by atoms with Crippen LogP contribution in [0.5, 0.6) is 0 Å². The molecule has 0 aliphatic carbocycles. The topological polar surface area (TPSA) is 87.1 Å². The number of nitrogens with two attached hydrogens (primary N) is 1. The van der Waals surface area contributed by atoms with Crippen LogP contribution in [0, 0.1) is 0 Å². The van der Waals surface area contributed by atoms with Gasteiger partial charge in [0.05, 0.1) is 18.4 Å². The molecule has 1 aliphatic heterocycles. The van der Waals surface area contributed by atoms with Gasteiger partial charge in [0.25, 0.3) is 0 Å². The quantitative estimate of drug-likeness (QED) is 0.278. The van der Waals surface area contributed by atoms with Gasteiger partial charge in [0.1, 0.15) is 4.99 Å². The van der Waals surface area contributed by atoms with Gasteiger partial charge >= 0.3 is 0 Å². The molecule has 0 saturated carbocycles. The van der Waals surface area contributed by atoms with E-state index in [1.165, 1.54) is 5.39 Å². The van der Waals surface area contributed by atoms with E-state index in [1.54, 1.807) is 0 Å². The van der Waals surface area contributed by atoms with Crippen molar-refractivity contribution in [2.45, 2.75) is 58.2 Å². The molecule has 1 amide bonds. The third-order valence-corrected chi connectivity index (χ3v) is 7.46. The molecule has 0 radical (unpaired) electrons. The molecule has 4 aromatic rings. The zero-order chi connectivity index (χ0) is 26.5. The van der Waals surface area contributed by atoms with E-state index in [4.69, 9.17) is 22.7 Å². The van der Waals surface area contributed by atoms with Crippen molar-refractivity contribution in [1.29, 1.82) is 0 Å². The Morgan fingerprint density at radius 3 is 2.82 bits per heavy atom. The van der Waals surface area contributed by atoms with Gasteiger partial charge in [-0.2, -0.15) is 0 Å². The molecule has 0 bridgehead atoms. The van der Waals surface area contributed by atoms with Gasteiger partial charge in [-0.25, -0.2) is 4.98 Å². The third-order valence-electron chi connectivity index (χ3n) is 7.23. The number of thiocarbonyl (C=S) groups is 1. The minimum Gasteiger partial charge on any atom is -0.389 e. The van der Waals surface area contributed by atoms with Crippen molar-refractivity contribution in [1.82, 2.24) is 19.4 Å². The van der Waals surface area contributed by atoms with Gasteiger partial charge in [0.15, 0.2) is 0 Å². The van der Waals surface area contributed by atoms with Crippen LogP contribution >= 0.6 is 12.2 Å². The molecule has 0 unspecified atom stereocenters. The number of unbranched alkanes of at least 4 members (excludes halogenated alkanes) is 1. The van der Waals surface area contributed by atoms with E-state index < -0.39 is 0 Å². The maximum Gasteiger partial charge on any atom is 0.226 e. The number of ether oxygens (including phenoxy) is 1. The zero-order valence-corrected chi connectivity index (χ0v) is 22.7. The summed E-state index contributed by atoms with van der Waals surface area (Å²) in [7, 11) is 0. The van der Waals surface area contributed by atoms with E-state index in [1.807, 2.05) is 24.7 Å². The standard InChI is InChI=1S/C30H35N5O2S/c1-2-3-11-34-18-24(33-20-34)16-29(36)32-17-21-7-8-26-27(22-5-4-6-23(15-22)30(31)38)19-35(28(26)14-21)25-9-12-37-13-10-25/h4-8,14-15,18-20,25H,2-3,9-13,16-17H2,1H3,(H2,31,38)(H,32,36). The molecule has 7 nitrogen and oxygen atoms in total. The highest BCUT2D eigenvalue weighted by Crippen LogP contribution is 2.36. The number of amides is 1. The summed E-state index contributed by atoms with van der Waals surface area (Å²) in [6.45, 7) is 5.10. The lowest BCUT2D eigenvalue weighted by molar-refractivity contribution is -0.120. The van der Waals surface area contributed by atoms with Gasteiger partial charge in [0.2, 0.25) is 5.91 Å². The first kappa shape index (κ1) is 26.1. The summed E-state index contributed by atoms with van der Waals surface area (Å²) in [5.74, 6) is -0.0269. The highest BCUT2D eigenvalue weighted by Gasteiger charge is 2.20. The summed E-state index contributed by atoms with van der Waals surface area (Å²) < 4.78 is 10.1. The zero-order valence-electron chi connectivity index (χ0n) is 21.9. The summed E-state index contributed by atoms with van der Waals surface area (Å²) in [6, 6.07) is 14.9. The van der Waals surface area contributed by atoms with Crippen LogP contribution in [0.2, 0.25) is 0 Å². The van der Waals surface area contributed by atoms with Crippen LogP contribution < -0.4 is 11.1 Å². The summed E-state index contributed by atoms with van der Waals surface area (Å²) in [5, 5.41) is 4.25. The van der Waals surface area contributed by atoms with Crippen molar-refractivity contribution in [2.75, 3.05) is 13.2 Å². The number of aromatic nitrogens is 3. The molecule has 198 valence electrons.